The van der Waals surface area contributed by atoms with E-state index in [1.54, 1.807) is 0 Å². The molecule has 0 aliphatic carbocycles. The molecule has 8 rings (SSSR count). The number of rotatable bonds is 28. The van der Waals surface area contributed by atoms with Gasteiger partial charge in [-0.05, 0) is 152 Å². The van der Waals surface area contributed by atoms with Gasteiger partial charge < -0.3 is 0 Å². The number of hydrogen-bond donors (Lipinski definition) is 0. The minimum absolute atomic E-state index is 1.15. The molecule has 8 aromatic carbocycles. The van der Waals surface area contributed by atoms with Gasteiger partial charge in [0.25, 0.3) is 0 Å². The topological polar surface area (TPSA) is 0 Å². The van der Waals surface area contributed by atoms with Crippen LogP contribution in [0.2, 0.25) is 0 Å². The molecule has 0 amide bonds. The van der Waals surface area contributed by atoms with Crippen molar-refractivity contribution in [3.8, 4) is 44.5 Å². The molecular weight excluding hydrogens is 889 g/mol. The molecule has 0 bridgehead atoms. The Hall–Kier alpha value is -6.50. The van der Waals surface area contributed by atoms with Crippen molar-refractivity contribution in [1.29, 1.82) is 0 Å². The predicted octanol–water partition coefficient (Wildman–Crippen LogP) is 21.9. The van der Waals surface area contributed by atoms with Crippen LogP contribution in [-0.2, 0) is 25.7 Å². The van der Waals surface area contributed by atoms with E-state index in [1.165, 1.54) is 203 Å². The Labute approximate surface area is 448 Å². The summed E-state index contributed by atoms with van der Waals surface area (Å²) in [7, 11) is 0. The lowest BCUT2D eigenvalue weighted by molar-refractivity contribution is 0.667. The molecule has 74 heavy (non-hydrogen) atoms. The highest BCUT2D eigenvalue weighted by Crippen LogP contribution is 2.40. The Kier molecular flexibility index (Phi) is 20.9. The molecule has 0 aliphatic heterocycles. The van der Waals surface area contributed by atoms with Crippen molar-refractivity contribution in [2.75, 3.05) is 0 Å². The van der Waals surface area contributed by atoms with Gasteiger partial charge in [0.2, 0.25) is 0 Å². The van der Waals surface area contributed by atoms with Crippen molar-refractivity contribution in [3.63, 3.8) is 0 Å². The van der Waals surface area contributed by atoms with Crippen LogP contribution < -0.4 is 0 Å². The molecule has 0 N–H and O–H groups in total. The minimum atomic E-state index is 1.15. The maximum Gasteiger partial charge on any atom is -0.00268 e. The van der Waals surface area contributed by atoms with Gasteiger partial charge in [0.05, 0.1) is 0 Å². The van der Waals surface area contributed by atoms with Crippen LogP contribution in [0.4, 0.5) is 0 Å². The largest absolute Gasteiger partial charge is 0.0654 e. The monoisotopic (exact) mass is 973 g/mol. The van der Waals surface area contributed by atoms with Crippen LogP contribution in [0.1, 0.15) is 175 Å². The van der Waals surface area contributed by atoms with Crippen LogP contribution in [0.15, 0.2) is 194 Å². The first kappa shape index (κ1) is 53.8. The summed E-state index contributed by atoms with van der Waals surface area (Å²) in [6.45, 7) is 9.14. The summed E-state index contributed by atoms with van der Waals surface area (Å²) in [4.78, 5) is 0. The fourth-order valence-electron chi connectivity index (χ4n) is 10.7. The van der Waals surface area contributed by atoms with Gasteiger partial charge >= 0.3 is 0 Å². The maximum absolute atomic E-state index is 2.35. The summed E-state index contributed by atoms with van der Waals surface area (Å²) in [5, 5.41) is 0. The third-order valence-electron chi connectivity index (χ3n) is 15.4. The number of benzene rings is 8. The van der Waals surface area contributed by atoms with E-state index in [2.05, 4.69) is 222 Å². The molecule has 0 nitrogen and oxygen atoms in total. The van der Waals surface area contributed by atoms with Crippen LogP contribution in [-0.4, -0.2) is 0 Å². The van der Waals surface area contributed by atoms with Crippen molar-refractivity contribution < 1.29 is 0 Å². The minimum Gasteiger partial charge on any atom is -0.0654 e. The van der Waals surface area contributed by atoms with E-state index in [1.807, 2.05) is 0 Å². The smallest absolute Gasteiger partial charge is 0.00268 e. The average Bonchev–Trinajstić information content (AvgIpc) is 3.46. The second-order valence-electron chi connectivity index (χ2n) is 21.1. The Morgan fingerprint density at radius 3 is 0.514 bits per heavy atom. The van der Waals surface area contributed by atoms with Gasteiger partial charge in [0, 0.05) is 0 Å². The van der Waals surface area contributed by atoms with Gasteiger partial charge in [-0.2, -0.15) is 0 Å². The van der Waals surface area contributed by atoms with Gasteiger partial charge in [-0.3, -0.25) is 0 Å². The Bertz CT molecular complexity index is 2470. The summed E-state index contributed by atoms with van der Waals surface area (Å²) in [6, 6.07) is 74.6. The fraction of sp³-hybridized carbons (Fsp3) is 0.324. The summed E-state index contributed by atoms with van der Waals surface area (Å²) in [5.74, 6) is 0. The van der Waals surface area contributed by atoms with Crippen molar-refractivity contribution in [1.82, 2.24) is 0 Å². The Balaban J connectivity index is 1.18. The molecule has 0 saturated carbocycles. The van der Waals surface area contributed by atoms with Crippen molar-refractivity contribution in [2.24, 2.45) is 0 Å². The van der Waals surface area contributed by atoms with Gasteiger partial charge in [0.15, 0.2) is 0 Å². The second-order valence-corrected chi connectivity index (χ2v) is 21.1. The predicted molar refractivity (Wildman–Crippen MR) is 324 cm³/mol. The summed E-state index contributed by atoms with van der Waals surface area (Å²) in [6.07, 6.45) is 25.2. The first-order valence-corrected chi connectivity index (χ1v) is 29.1. The first-order chi connectivity index (χ1) is 36.5. The summed E-state index contributed by atoms with van der Waals surface area (Å²) in [5.41, 5.74) is 23.0. The van der Waals surface area contributed by atoms with E-state index in [4.69, 9.17) is 0 Å². The quantitative estimate of drug-likeness (QED) is 0.0339. The van der Waals surface area contributed by atoms with E-state index in [9.17, 15) is 0 Å². The SMILES string of the molecule is CCCCCCc1ccc(-c2ccc(C(=C(c3ccc(-c4ccc(CCCCCC)cc4)cc3)c3ccc(-c4ccc(CCCCCC)cc4)cc3)c3ccc(-c4ccc(CCCCCC)cc4)cc3)cc2)cc1. The van der Waals surface area contributed by atoms with Crippen LogP contribution in [0.3, 0.4) is 0 Å². The summed E-state index contributed by atoms with van der Waals surface area (Å²) >= 11 is 0. The van der Waals surface area contributed by atoms with Crippen LogP contribution >= 0.6 is 0 Å². The highest BCUT2D eigenvalue weighted by Gasteiger charge is 2.18. The number of unbranched alkanes of at least 4 members (excludes halogenated alkanes) is 12. The Morgan fingerprint density at radius 1 is 0.189 bits per heavy atom. The zero-order chi connectivity index (χ0) is 51.2. The van der Waals surface area contributed by atoms with E-state index < -0.39 is 0 Å². The van der Waals surface area contributed by atoms with E-state index in [0.717, 1.165) is 25.7 Å². The molecule has 0 heteroatoms. The standard InChI is InChI=1S/C74H84/c1-5-9-13-17-21-57-25-33-61(34-26-57)65-41-49-69(50-42-65)73(70-51-43-66(44-52-70)62-35-27-58(28-36-62)22-18-14-10-6-2)74(71-53-45-67(46-54-71)63-37-29-59(30-38-63)23-19-15-11-7-3)72-55-47-68(48-56-72)64-39-31-60(32-40-64)24-20-16-12-8-4/h25-56H,5-24H2,1-4H3. The molecule has 380 valence electrons. The average molecular weight is 973 g/mol. The molecule has 0 saturated heterocycles. The fourth-order valence-corrected chi connectivity index (χ4v) is 10.7. The third kappa shape index (κ3) is 15.3. The maximum atomic E-state index is 2.35. The van der Waals surface area contributed by atoms with Gasteiger partial charge in [-0.15, -0.1) is 0 Å². The van der Waals surface area contributed by atoms with Crippen molar-refractivity contribution in [2.45, 2.75) is 156 Å². The highest BCUT2D eigenvalue weighted by molar-refractivity contribution is 6.05. The number of hydrogen-bond acceptors (Lipinski definition) is 0. The first-order valence-electron chi connectivity index (χ1n) is 29.1. The molecule has 0 heterocycles. The van der Waals surface area contributed by atoms with Crippen LogP contribution in [0.25, 0.3) is 55.7 Å². The second kappa shape index (κ2) is 28.8. The zero-order valence-electron chi connectivity index (χ0n) is 45.6. The zero-order valence-corrected chi connectivity index (χ0v) is 45.6. The lowest BCUT2D eigenvalue weighted by Gasteiger charge is -2.20. The molecule has 0 atom stereocenters. The van der Waals surface area contributed by atoms with E-state index in [0.29, 0.717) is 0 Å². The molecule has 0 spiro atoms. The van der Waals surface area contributed by atoms with Crippen LogP contribution in [0.5, 0.6) is 0 Å². The lowest BCUT2D eigenvalue weighted by Crippen LogP contribution is -1.98. The van der Waals surface area contributed by atoms with Gasteiger partial charge in [0.1, 0.15) is 0 Å². The lowest BCUT2D eigenvalue weighted by atomic mass is 9.84. The Morgan fingerprint density at radius 2 is 0.351 bits per heavy atom. The molecule has 0 radical (unpaired) electrons. The molecule has 0 aromatic heterocycles. The molecule has 0 fully saturated rings. The van der Waals surface area contributed by atoms with Crippen LogP contribution in [0, 0.1) is 0 Å². The molecule has 0 aliphatic rings. The van der Waals surface area contributed by atoms with E-state index >= 15 is 0 Å². The third-order valence-corrected chi connectivity index (χ3v) is 15.4. The van der Waals surface area contributed by atoms with Crippen molar-refractivity contribution in [3.05, 3.63) is 239 Å². The van der Waals surface area contributed by atoms with Crippen molar-refractivity contribution >= 4 is 11.1 Å². The van der Waals surface area contributed by atoms with Gasteiger partial charge in [-0.1, -0.05) is 299 Å². The molecular formula is C74H84. The highest BCUT2D eigenvalue weighted by atomic mass is 14.2. The molecule has 0 unspecified atom stereocenters. The summed E-state index contributed by atoms with van der Waals surface area (Å²) < 4.78 is 0. The van der Waals surface area contributed by atoms with Gasteiger partial charge in [-0.25, -0.2) is 0 Å². The normalized spacial score (nSPS) is 11.2. The molecule has 8 aromatic rings. The number of aryl methyl sites for hydroxylation is 4. The van der Waals surface area contributed by atoms with E-state index in [-0.39, 0.29) is 0 Å².